The predicted octanol–water partition coefficient (Wildman–Crippen LogP) is 5.33. The third kappa shape index (κ3) is 5.58. The van der Waals surface area contributed by atoms with Crippen LogP contribution in [0, 0.1) is 23.2 Å². The van der Waals surface area contributed by atoms with Crippen LogP contribution in [-0.2, 0) is 16.0 Å². The number of fused-ring (bicyclic) bond motifs is 2. The van der Waals surface area contributed by atoms with E-state index in [9.17, 15) is 9.90 Å². The fourth-order valence-electron chi connectivity index (χ4n) is 6.84. The number of hydrogen-bond donors (Lipinski definition) is 3. The maximum Gasteiger partial charge on any atom is 0.223 e. The van der Waals surface area contributed by atoms with E-state index in [4.69, 9.17) is 32.9 Å². The zero-order valence-electron chi connectivity index (χ0n) is 22.3. The largest absolute Gasteiger partial charge is 0.392 e. The van der Waals surface area contributed by atoms with Crippen LogP contribution < -0.4 is 10.6 Å². The number of halogens is 2. The molecule has 1 saturated carbocycles. The second-order valence-corrected chi connectivity index (χ2v) is 13.3. The van der Waals surface area contributed by atoms with Crippen molar-refractivity contribution in [1.82, 2.24) is 15.2 Å². The minimum atomic E-state index is -0.562. The molecule has 0 bridgehead atoms. The van der Waals surface area contributed by atoms with Gasteiger partial charge in [-0.05, 0) is 48.6 Å². The highest BCUT2D eigenvalue weighted by atomic mass is 35.5. The van der Waals surface area contributed by atoms with Gasteiger partial charge in [-0.3, -0.25) is 9.69 Å². The Morgan fingerprint density at radius 1 is 1.32 bits per heavy atom. The van der Waals surface area contributed by atoms with Gasteiger partial charge in [0, 0.05) is 42.9 Å². The lowest BCUT2D eigenvalue weighted by atomic mass is 9.53. The minimum absolute atomic E-state index is 0.0341. The van der Waals surface area contributed by atoms with E-state index in [2.05, 4.69) is 29.4 Å². The number of morpholine rings is 1. The number of nitrogens with zero attached hydrogens (tertiary/aromatic N) is 2. The molecule has 10 heteroatoms. The van der Waals surface area contributed by atoms with Gasteiger partial charge in [0.25, 0.3) is 0 Å². The Kier molecular flexibility index (Phi) is 8.58. The van der Waals surface area contributed by atoms with E-state index in [1.807, 2.05) is 13.0 Å². The molecule has 1 saturated heterocycles. The van der Waals surface area contributed by atoms with Crippen molar-refractivity contribution in [2.24, 2.45) is 23.2 Å². The van der Waals surface area contributed by atoms with Crippen molar-refractivity contribution in [2.75, 3.05) is 44.7 Å². The molecule has 1 aliphatic heterocycles. The van der Waals surface area contributed by atoms with Gasteiger partial charge in [0.15, 0.2) is 5.13 Å². The summed E-state index contributed by atoms with van der Waals surface area (Å²) in [7, 11) is 0. The first kappa shape index (κ1) is 28.1. The average Bonchev–Trinajstić information content (AvgIpc) is 3.29. The fraction of sp³-hybridized carbons (Fsp3) is 0.643. The summed E-state index contributed by atoms with van der Waals surface area (Å²) in [6.07, 6.45) is 2.13. The normalized spacial score (nSPS) is 30.3. The molecule has 3 N–H and O–H groups in total. The van der Waals surface area contributed by atoms with Crippen LogP contribution in [0.25, 0.3) is 0 Å². The van der Waals surface area contributed by atoms with Crippen LogP contribution in [0.2, 0.25) is 10.0 Å². The van der Waals surface area contributed by atoms with Crippen molar-refractivity contribution in [1.29, 1.82) is 0 Å². The third-order valence-electron chi connectivity index (χ3n) is 9.00. The number of carbonyl (C=O) groups is 1. The summed E-state index contributed by atoms with van der Waals surface area (Å²) in [6, 6.07) is 5.43. The fourth-order valence-corrected chi connectivity index (χ4v) is 8.60. The van der Waals surface area contributed by atoms with Gasteiger partial charge < -0.3 is 20.5 Å². The lowest BCUT2D eigenvalue weighted by Gasteiger charge is -2.53. The number of benzene rings is 1. The Balaban J connectivity index is 1.26. The first-order chi connectivity index (χ1) is 18.2. The van der Waals surface area contributed by atoms with Gasteiger partial charge in [-0.2, -0.15) is 0 Å². The van der Waals surface area contributed by atoms with Crippen LogP contribution in [0.1, 0.15) is 50.1 Å². The molecular weight excluding hydrogens is 543 g/mol. The zero-order valence-corrected chi connectivity index (χ0v) is 24.6. The maximum atomic E-state index is 13.1. The number of carbonyl (C=O) groups excluding carboxylic acids is 1. The van der Waals surface area contributed by atoms with Crippen LogP contribution in [0.4, 0.5) is 10.8 Å². The molecule has 2 aliphatic carbocycles. The molecule has 0 radical (unpaired) electrons. The number of nitrogens with one attached hydrogen (secondary N) is 2. The lowest BCUT2D eigenvalue weighted by Crippen LogP contribution is -2.53. The zero-order chi connectivity index (χ0) is 27.0. The number of para-hydroxylation sites is 1. The number of thiazole rings is 1. The van der Waals surface area contributed by atoms with Crippen molar-refractivity contribution in [3.63, 3.8) is 0 Å². The van der Waals surface area contributed by atoms with Gasteiger partial charge in [0.05, 0.1) is 40.7 Å². The molecular formula is C28H38Cl2N4O3S. The number of rotatable bonds is 7. The number of anilines is 2. The Bertz CT molecular complexity index is 1140. The number of aromatic nitrogens is 1. The summed E-state index contributed by atoms with van der Waals surface area (Å²) in [4.78, 5) is 21.6. The van der Waals surface area contributed by atoms with Crippen molar-refractivity contribution in [3.8, 4) is 0 Å². The number of amides is 1. The van der Waals surface area contributed by atoms with Crippen molar-refractivity contribution < 1.29 is 14.6 Å². The first-order valence-corrected chi connectivity index (χ1v) is 15.2. The molecule has 2 heterocycles. The maximum absolute atomic E-state index is 13.1. The quantitative estimate of drug-likeness (QED) is 0.410. The highest BCUT2D eigenvalue weighted by molar-refractivity contribution is 7.15. The molecule has 0 spiro atoms. The van der Waals surface area contributed by atoms with E-state index in [1.54, 1.807) is 23.5 Å². The van der Waals surface area contributed by atoms with E-state index in [0.717, 1.165) is 62.9 Å². The number of hydrogen-bond acceptors (Lipinski definition) is 7. The van der Waals surface area contributed by atoms with Gasteiger partial charge >= 0.3 is 0 Å². The Labute approximate surface area is 239 Å². The molecule has 38 heavy (non-hydrogen) atoms. The van der Waals surface area contributed by atoms with Crippen LogP contribution in [-0.4, -0.2) is 66.4 Å². The molecule has 2 fully saturated rings. The Morgan fingerprint density at radius 3 is 2.74 bits per heavy atom. The van der Waals surface area contributed by atoms with Gasteiger partial charge in [-0.25, -0.2) is 4.98 Å². The minimum Gasteiger partial charge on any atom is -0.392 e. The summed E-state index contributed by atoms with van der Waals surface area (Å²) in [6.45, 7) is 11.2. The summed E-state index contributed by atoms with van der Waals surface area (Å²) in [5.74, 6) is -0.170. The molecule has 1 aromatic carbocycles. The standard InChI is InChI=1S/C28H38Cl2N4O3S/c1-16(26(36)31-9-10-34-11-13-37-14-12-34)18-7-8-28(3)15-21-23(17(2)22(28)25(18)35)32-27(38-21)33-24-19(29)5-4-6-20(24)30/h4-6,16-18,22,25,35H,7-15H2,1-3H3,(H,31,36)(H,32,33)/t16-,17-,18+,22+,25-,28-/m0/s1. The van der Waals surface area contributed by atoms with E-state index < -0.39 is 6.10 Å². The summed E-state index contributed by atoms with van der Waals surface area (Å²) < 4.78 is 5.40. The predicted molar refractivity (Wildman–Crippen MR) is 154 cm³/mol. The molecule has 6 atom stereocenters. The lowest BCUT2D eigenvalue weighted by molar-refractivity contribution is -0.134. The van der Waals surface area contributed by atoms with E-state index >= 15 is 0 Å². The summed E-state index contributed by atoms with van der Waals surface area (Å²) >= 11 is 14.4. The second kappa shape index (κ2) is 11.6. The smallest absolute Gasteiger partial charge is 0.223 e. The van der Waals surface area contributed by atoms with Crippen LogP contribution >= 0.6 is 34.5 Å². The Morgan fingerprint density at radius 2 is 2.03 bits per heavy atom. The van der Waals surface area contributed by atoms with Crippen molar-refractivity contribution in [2.45, 2.75) is 52.1 Å². The van der Waals surface area contributed by atoms with Crippen LogP contribution in [0.5, 0.6) is 0 Å². The number of aliphatic hydroxyl groups excluding tert-OH is 1. The number of aliphatic hydroxyl groups is 1. The molecule has 7 nitrogen and oxygen atoms in total. The second-order valence-electron chi connectivity index (χ2n) is 11.4. The third-order valence-corrected chi connectivity index (χ3v) is 10.6. The molecule has 1 aromatic heterocycles. The molecule has 0 unspecified atom stereocenters. The topological polar surface area (TPSA) is 86.7 Å². The summed E-state index contributed by atoms with van der Waals surface area (Å²) in [5.41, 5.74) is 1.65. The number of ether oxygens (including phenoxy) is 1. The summed E-state index contributed by atoms with van der Waals surface area (Å²) in [5, 5.41) is 20.0. The first-order valence-electron chi connectivity index (χ1n) is 13.6. The Hall–Kier alpha value is -1.42. The van der Waals surface area contributed by atoms with Gasteiger partial charge in [0.1, 0.15) is 0 Å². The average molecular weight is 582 g/mol. The van der Waals surface area contributed by atoms with Gasteiger partial charge in [-0.1, -0.05) is 50.0 Å². The van der Waals surface area contributed by atoms with Crippen molar-refractivity contribution >= 4 is 51.3 Å². The van der Waals surface area contributed by atoms with E-state index in [0.29, 0.717) is 22.3 Å². The molecule has 3 aliphatic rings. The van der Waals surface area contributed by atoms with E-state index in [1.165, 1.54) is 4.88 Å². The van der Waals surface area contributed by atoms with Gasteiger partial charge in [-0.15, -0.1) is 11.3 Å². The SMILES string of the molecule is C[C@H](C(=O)NCCN1CCOCC1)[C@H]1CC[C@@]2(C)Cc3sc(Nc4c(Cl)cccc4Cl)nc3[C@@H](C)[C@@H]2[C@H]1O. The molecule has 1 amide bonds. The molecule has 2 aromatic rings. The van der Waals surface area contributed by atoms with Crippen LogP contribution in [0.15, 0.2) is 18.2 Å². The van der Waals surface area contributed by atoms with Crippen LogP contribution in [0.3, 0.4) is 0 Å². The molecule has 208 valence electrons. The van der Waals surface area contributed by atoms with Gasteiger partial charge in [0.2, 0.25) is 5.91 Å². The highest BCUT2D eigenvalue weighted by Gasteiger charge is 2.53. The monoisotopic (exact) mass is 580 g/mol. The molecule has 5 rings (SSSR count). The highest BCUT2D eigenvalue weighted by Crippen LogP contribution is 2.57. The van der Waals surface area contributed by atoms with E-state index in [-0.39, 0.29) is 35.0 Å². The van der Waals surface area contributed by atoms with Crippen molar-refractivity contribution in [3.05, 3.63) is 38.8 Å².